The van der Waals surface area contributed by atoms with Gasteiger partial charge in [0.2, 0.25) is 5.69 Å². The van der Waals surface area contributed by atoms with E-state index in [0.29, 0.717) is 12.0 Å². The molecule has 0 aliphatic carbocycles. The Hall–Kier alpha value is -2.15. The summed E-state index contributed by atoms with van der Waals surface area (Å²) in [4.78, 5) is 0. The minimum absolute atomic E-state index is 0.564. The van der Waals surface area contributed by atoms with Gasteiger partial charge in [-0.1, -0.05) is 37.6 Å². The van der Waals surface area contributed by atoms with Crippen molar-refractivity contribution in [2.24, 2.45) is 7.05 Å². The van der Waals surface area contributed by atoms with Crippen molar-refractivity contribution in [3.63, 3.8) is 0 Å². The highest BCUT2D eigenvalue weighted by atomic mass is 14.9. The molecule has 136 valence electrons. The van der Waals surface area contributed by atoms with E-state index in [2.05, 4.69) is 83.5 Å². The van der Waals surface area contributed by atoms with Crippen LogP contribution in [-0.2, 0) is 7.05 Å². The molecule has 0 spiro atoms. The molecule has 0 bridgehead atoms. The number of fused-ring (bicyclic) bond motifs is 1. The van der Waals surface area contributed by atoms with Crippen LogP contribution in [0.2, 0.25) is 0 Å². The van der Waals surface area contributed by atoms with E-state index in [9.17, 15) is 0 Å². The molecular formula is C25H32N+. The summed E-state index contributed by atoms with van der Waals surface area (Å²) in [6.45, 7) is 13.1. The Labute approximate surface area is 160 Å². The lowest BCUT2D eigenvalue weighted by Gasteiger charge is -2.16. The van der Waals surface area contributed by atoms with E-state index in [1.165, 1.54) is 38.9 Å². The van der Waals surface area contributed by atoms with Crippen molar-refractivity contribution in [2.45, 2.75) is 60.3 Å². The highest BCUT2D eigenvalue weighted by Crippen LogP contribution is 2.33. The fraction of sp³-hybridized carbons (Fsp3) is 0.400. The third-order valence-corrected chi connectivity index (χ3v) is 5.98. The maximum Gasteiger partial charge on any atom is 0.220 e. The summed E-state index contributed by atoms with van der Waals surface area (Å²) in [6, 6.07) is 12.0. The second-order valence-corrected chi connectivity index (χ2v) is 7.69. The summed E-state index contributed by atoms with van der Waals surface area (Å²) in [7, 11) is 2.09. The summed E-state index contributed by atoms with van der Waals surface area (Å²) in [5.41, 5.74) is 8.79. The van der Waals surface area contributed by atoms with Crippen LogP contribution in [0.5, 0.6) is 0 Å². The fourth-order valence-electron chi connectivity index (χ4n) is 4.12. The second kappa shape index (κ2) is 7.23. The van der Waals surface area contributed by atoms with Gasteiger partial charge in [0.1, 0.15) is 7.05 Å². The third-order valence-electron chi connectivity index (χ3n) is 5.98. The van der Waals surface area contributed by atoms with Crippen LogP contribution in [0, 0.1) is 27.7 Å². The molecule has 0 fully saturated rings. The average molecular weight is 348 g/mol. The molecule has 3 aromatic rings. The summed E-state index contributed by atoms with van der Waals surface area (Å²) in [5.74, 6) is 0.564. The van der Waals surface area contributed by atoms with Crippen LogP contribution in [0.15, 0.2) is 36.4 Å². The van der Waals surface area contributed by atoms with Crippen molar-refractivity contribution in [1.82, 2.24) is 0 Å². The van der Waals surface area contributed by atoms with Crippen LogP contribution in [-0.4, -0.2) is 0 Å². The number of hydrogen-bond acceptors (Lipinski definition) is 0. The number of rotatable bonds is 4. The van der Waals surface area contributed by atoms with Crippen LogP contribution in [0.4, 0.5) is 0 Å². The van der Waals surface area contributed by atoms with Gasteiger partial charge >= 0.3 is 0 Å². The molecule has 0 amide bonds. The van der Waals surface area contributed by atoms with E-state index >= 15 is 0 Å². The minimum Gasteiger partial charge on any atom is -0.198 e. The quantitative estimate of drug-likeness (QED) is 0.476. The molecule has 2 aromatic carbocycles. The van der Waals surface area contributed by atoms with Crippen LogP contribution in [0.3, 0.4) is 0 Å². The monoisotopic (exact) mass is 347 g/mol. The zero-order chi connectivity index (χ0) is 19.9. The molecule has 0 saturated carbocycles. The SMILES string of the molecule is [2H]c1c(C)[n+](C)c(-c2cc(C)cc(C)c2C)c2ccc(C(CC)CC)cc12. The van der Waals surface area contributed by atoms with Crippen molar-refractivity contribution < 1.29 is 5.94 Å². The summed E-state index contributed by atoms with van der Waals surface area (Å²) < 4.78 is 11.0. The van der Waals surface area contributed by atoms with Crippen molar-refractivity contribution in [3.05, 3.63) is 64.3 Å². The van der Waals surface area contributed by atoms with Gasteiger partial charge in [0, 0.05) is 13.0 Å². The van der Waals surface area contributed by atoms with Gasteiger partial charge < -0.3 is 0 Å². The van der Waals surface area contributed by atoms with Gasteiger partial charge in [-0.25, -0.2) is 0 Å². The van der Waals surface area contributed by atoms with E-state index in [4.69, 9.17) is 1.37 Å². The first-order valence-electron chi connectivity index (χ1n) is 10.3. The van der Waals surface area contributed by atoms with E-state index in [0.717, 1.165) is 23.9 Å². The number of aryl methyl sites for hydroxylation is 2. The van der Waals surface area contributed by atoms with Gasteiger partial charge in [-0.2, -0.15) is 4.57 Å². The van der Waals surface area contributed by atoms with E-state index in [1.807, 2.05) is 0 Å². The molecule has 1 aromatic heterocycles. The van der Waals surface area contributed by atoms with Gasteiger partial charge in [0.25, 0.3) is 0 Å². The second-order valence-electron chi connectivity index (χ2n) is 7.69. The number of benzene rings is 2. The predicted octanol–water partition coefficient (Wildman–Crippen LogP) is 6.47. The molecule has 0 radical (unpaired) electrons. The molecule has 1 nitrogen and oxygen atoms in total. The Morgan fingerprint density at radius 1 is 1.00 bits per heavy atom. The third kappa shape index (κ3) is 3.16. The Balaban J connectivity index is 2.41. The van der Waals surface area contributed by atoms with Crippen LogP contribution in [0.1, 0.15) is 61.9 Å². The molecule has 3 rings (SSSR count). The minimum atomic E-state index is 0.564. The van der Waals surface area contributed by atoms with E-state index < -0.39 is 0 Å². The molecule has 0 unspecified atom stereocenters. The number of pyridine rings is 1. The van der Waals surface area contributed by atoms with E-state index in [-0.39, 0.29) is 0 Å². The van der Waals surface area contributed by atoms with Crippen LogP contribution < -0.4 is 4.57 Å². The maximum absolute atomic E-state index is 8.76. The van der Waals surface area contributed by atoms with Crippen molar-refractivity contribution >= 4 is 10.8 Å². The normalized spacial score (nSPS) is 12.1. The van der Waals surface area contributed by atoms with Gasteiger partial charge in [0.05, 0.1) is 12.3 Å². The smallest absolute Gasteiger partial charge is 0.198 e. The van der Waals surface area contributed by atoms with Crippen molar-refractivity contribution in [3.8, 4) is 11.3 Å². The molecule has 0 atom stereocenters. The number of nitrogens with zero attached hydrogens (tertiary/aromatic N) is 1. The molecule has 0 aliphatic heterocycles. The van der Waals surface area contributed by atoms with Crippen molar-refractivity contribution in [1.29, 1.82) is 0 Å². The lowest BCUT2D eigenvalue weighted by atomic mass is 9.90. The Morgan fingerprint density at radius 3 is 2.35 bits per heavy atom. The molecular weight excluding hydrogens is 314 g/mol. The lowest BCUT2D eigenvalue weighted by molar-refractivity contribution is -0.665. The van der Waals surface area contributed by atoms with Crippen molar-refractivity contribution in [2.75, 3.05) is 0 Å². The summed E-state index contributed by atoms with van der Waals surface area (Å²) in [6.07, 6.45) is 2.27. The molecule has 1 heterocycles. The van der Waals surface area contributed by atoms with E-state index in [1.54, 1.807) is 0 Å². The molecule has 0 N–H and O–H groups in total. The number of aromatic nitrogens is 1. The molecule has 0 saturated heterocycles. The largest absolute Gasteiger partial charge is 0.220 e. The highest BCUT2D eigenvalue weighted by molar-refractivity contribution is 5.94. The Kier molecular flexibility index (Phi) is 4.80. The topological polar surface area (TPSA) is 3.88 Å². The molecule has 26 heavy (non-hydrogen) atoms. The van der Waals surface area contributed by atoms with Crippen LogP contribution >= 0.6 is 0 Å². The average Bonchev–Trinajstić information content (AvgIpc) is 2.65. The first kappa shape index (κ1) is 17.3. The first-order valence-corrected chi connectivity index (χ1v) is 9.81. The fourth-order valence-corrected chi connectivity index (χ4v) is 4.12. The molecule has 0 aliphatic rings. The van der Waals surface area contributed by atoms with Crippen LogP contribution in [0.25, 0.3) is 22.0 Å². The first-order chi connectivity index (χ1) is 12.8. The highest BCUT2D eigenvalue weighted by Gasteiger charge is 2.21. The van der Waals surface area contributed by atoms with Gasteiger partial charge in [-0.3, -0.25) is 0 Å². The predicted molar refractivity (Wildman–Crippen MR) is 113 cm³/mol. The zero-order valence-corrected chi connectivity index (χ0v) is 17.3. The number of hydrogen-bond donors (Lipinski definition) is 0. The van der Waals surface area contributed by atoms with Gasteiger partial charge in [-0.05, 0) is 73.7 Å². The summed E-state index contributed by atoms with van der Waals surface area (Å²) in [5, 5.41) is 2.25. The maximum atomic E-state index is 8.76. The standard InChI is InChI=1S/C25H32N/c1-8-20(9-2)21-10-11-23-22(15-21)14-18(5)26(7)25(23)24-13-16(3)12-17(4)19(24)6/h10-15,20H,8-9H2,1-7H3/q+1/i14D. The van der Waals surface area contributed by atoms with Gasteiger partial charge in [0.15, 0.2) is 5.69 Å². The Bertz CT molecular complexity index is 1010. The summed E-state index contributed by atoms with van der Waals surface area (Å²) >= 11 is 0. The lowest BCUT2D eigenvalue weighted by Crippen LogP contribution is -2.35. The molecule has 1 heteroatoms. The van der Waals surface area contributed by atoms with Gasteiger partial charge in [-0.15, -0.1) is 0 Å². The Morgan fingerprint density at radius 2 is 1.69 bits per heavy atom. The zero-order valence-electron chi connectivity index (χ0n) is 18.3.